The van der Waals surface area contributed by atoms with E-state index in [1.165, 1.54) is 11.2 Å². The van der Waals surface area contributed by atoms with Crippen molar-refractivity contribution in [3.63, 3.8) is 0 Å². The Morgan fingerprint density at radius 2 is 2.00 bits per heavy atom. The van der Waals surface area contributed by atoms with Crippen molar-refractivity contribution < 1.29 is 9.53 Å². The van der Waals surface area contributed by atoms with E-state index in [1.807, 2.05) is 6.07 Å². The quantitative estimate of drug-likeness (QED) is 0.573. The second-order valence-corrected chi connectivity index (χ2v) is 2.56. The summed E-state index contributed by atoms with van der Waals surface area (Å²) in [7, 11) is 0. The van der Waals surface area contributed by atoms with Gasteiger partial charge in [-0.3, -0.25) is 0 Å². The van der Waals surface area contributed by atoms with Crippen LogP contribution >= 0.6 is 15.9 Å². The fourth-order valence-corrected chi connectivity index (χ4v) is 0.838. The van der Waals surface area contributed by atoms with Crippen molar-refractivity contribution in [3.8, 4) is 0 Å². The lowest BCUT2D eigenvalue weighted by molar-refractivity contribution is 0.0664. The summed E-state index contributed by atoms with van der Waals surface area (Å²) in [5, 5.41) is 0. The van der Waals surface area contributed by atoms with E-state index in [4.69, 9.17) is 4.74 Å². The fraction of sp³-hybridized carbons (Fsp3) is 0. The smallest absolute Gasteiger partial charge is 0.342 e. The van der Waals surface area contributed by atoms with Crippen LogP contribution in [0.5, 0.6) is 0 Å². The maximum Gasteiger partial charge on any atom is 0.342 e. The number of hydrogen-bond donors (Lipinski definition) is 0. The molecule has 1 rings (SSSR count). The van der Waals surface area contributed by atoms with Crippen molar-refractivity contribution in [1.82, 2.24) is 0 Å². The number of ether oxygens (including phenoxy) is 1. The highest BCUT2D eigenvalue weighted by Crippen LogP contribution is 2.01. The fourth-order valence-electron chi connectivity index (χ4n) is 0.730. The lowest BCUT2D eigenvalue weighted by Crippen LogP contribution is -1.99. The highest BCUT2D eigenvalue weighted by Gasteiger charge is 2.02. The highest BCUT2D eigenvalue weighted by atomic mass is 79.9. The van der Waals surface area contributed by atoms with Crippen molar-refractivity contribution >= 4 is 21.9 Å². The van der Waals surface area contributed by atoms with Crippen molar-refractivity contribution in [2.24, 2.45) is 0 Å². The number of benzene rings is 1. The first-order valence-electron chi connectivity index (χ1n) is 3.36. The van der Waals surface area contributed by atoms with E-state index in [0.717, 1.165) is 0 Å². The van der Waals surface area contributed by atoms with Gasteiger partial charge in [-0.05, 0) is 12.1 Å². The van der Waals surface area contributed by atoms with Crippen molar-refractivity contribution in [2.45, 2.75) is 0 Å². The number of rotatable bonds is 2. The van der Waals surface area contributed by atoms with Crippen LogP contribution in [0.25, 0.3) is 0 Å². The molecule has 0 aromatic heterocycles. The Hall–Kier alpha value is -1.09. The van der Waals surface area contributed by atoms with Crippen LogP contribution in [0.3, 0.4) is 0 Å². The zero-order valence-electron chi connectivity index (χ0n) is 6.24. The number of carbonyl (C=O) groups excluding carboxylic acids is 1. The summed E-state index contributed by atoms with van der Waals surface area (Å²) in [6.45, 7) is 0. The lowest BCUT2D eigenvalue weighted by atomic mass is 10.2. The van der Waals surface area contributed by atoms with Crippen LogP contribution in [0.15, 0.2) is 41.6 Å². The SMILES string of the molecule is O=C(O/C=C/Br)c1ccccc1. The van der Waals surface area contributed by atoms with Crippen LogP contribution < -0.4 is 0 Å². The Kier molecular flexibility index (Phi) is 3.54. The molecule has 0 amide bonds. The molecule has 0 saturated heterocycles. The van der Waals surface area contributed by atoms with E-state index in [0.29, 0.717) is 5.56 Å². The zero-order valence-corrected chi connectivity index (χ0v) is 7.82. The third-order valence-electron chi connectivity index (χ3n) is 1.24. The number of esters is 1. The van der Waals surface area contributed by atoms with Gasteiger partial charge in [0, 0.05) is 4.99 Å². The molecule has 1 aromatic rings. The topological polar surface area (TPSA) is 26.3 Å². The minimum Gasteiger partial charge on any atom is -0.430 e. The summed E-state index contributed by atoms with van der Waals surface area (Å²) >= 11 is 2.99. The molecule has 0 unspecified atom stereocenters. The van der Waals surface area contributed by atoms with Crippen LogP contribution in [0.2, 0.25) is 0 Å². The van der Waals surface area contributed by atoms with Crippen LogP contribution in [0.4, 0.5) is 0 Å². The highest BCUT2D eigenvalue weighted by molar-refractivity contribution is 9.11. The third-order valence-corrected chi connectivity index (χ3v) is 1.45. The molecule has 62 valence electrons. The first-order valence-corrected chi connectivity index (χ1v) is 4.27. The molecule has 0 radical (unpaired) electrons. The van der Waals surface area contributed by atoms with Gasteiger partial charge in [-0.25, -0.2) is 4.79 Å². The van der Waals surface area contributed by atoms with Crippen LogP contribution in [0, 0.1) is 0 Å². The number of halogens is 1. The monoisotopic (exact) mass is 226 g/mol. The van der Waals surface area contributed by atoms with Gasteiger partial charge < -0.3 is 4.74 Å². The standard InChI is InChI=1S/C9H7BrO2/c10-6-7-12-9(11)8-4-2-1-3-5-8/h1-7H/b7-6+. The summed E-state index contributed by atoms with van der Waals surface area (Å²) in [6, 6.07) is 8.81. The van der Waals surface area contributed by atoms with Crippen LogP contribution in [-0.2, 0) is 4.74 Å². The maximum absolute atomic E-state index is 11.1. The summed E-state index contributed by atoms with van der Waals surface area (Å²) in [6.07, 6.45) is 1.29. The lowest BCUT2D eigenvalue weighted by Gasteiger charge is -1.96. The molecule has 0 aliphatic carbocycles. The van der Waals surface area contributed by atoms with E-state index < -0.39 is 0 Å². The van der Waals surface area contributed by atoms with Crippen LogP contribution in [0.1, 0.15) is 10.4 Å². The predicted octanol–water partition coefficient (Wildman–Crippen LogP) is 2.71. The molecule has 0 atom stereocenters. The molecule has 0 heterocycles. The molecule has 0 bridgehead atoms. The second kappa shape index (κ2) is 4.72. The summed E-state index contributed by atoms with van der Waals surface area (Å²) in [5.74, 6) is -0.355. The van der Waals surface area contributed by atoms with E-state index in [2.05, 4.69) is 15.9 Å². The largest absolute Gasteiger partial charge is 0.430 e. The molecule has 12 heavy (non-hydrogen) atoms. The second-order valence-electron chi connectivity index (χ2n) is 2.03. The first kappa shape index (κ1) is 9.00. The molecule has 0 aliphatic heterocycles. The molecule has 1 aromatic carbocycles. The van der Waals surface area contributed by atoms with E-state index in [1.54, 1.807) is 24.3 Å². The summed E-state index contributed by atoms with van der Waals surface area (Å²) < 4.78 is 4.71. The molecule has 0 N–H and O–H groups in total. The van der Waals surface area contributed by atoms with Gasteiger partial charge in [0.15, 0.2) is 0 Å². The minimum atomic E-state index is -0.355. The average Bonchev–Trinajstić information content (AvgIpc) is 2.15. The van der Waals surface area contributed by atoms with Crippen molar-refractivity contribution in [2.75, 3.05) is 0 Å². The molecule has 3 heteroatoms. The average molecular weight is 227 g/mol. The molecular weight excluding hydrogens is 220 g/mol. The van der Waals surface area contributed by atoms with E-state index in [9.17, 15) is 4.79 Å². The normalized spacial score (nSPS) is 10.1. The molecule has 0 fully saturated rings. The molecular formula is C9H7BrO2. The Morgan fingerprint density at radius 3 is 2.58 bits per heavy atom. The molecule has 0 saturated carbocycles. The van der Waals surface area contributed by atoms with Crippen LogP contribution in [-0.4, -0.2) is 5.97 Å². The van der Waals surface area contributed by atoms with Crippen molar-refractivity contribution in [3.05, 3.63) is 47.1 Å². The van der Waals surface area contributed by atoms with Gasteiger partial charge in [0.05, 0.1) is 5.56 Å². The van der Waals surface area contributed by atoms with Gasteiger partial charge in [0.1, 0.15) is 6.26 Å². The molecule has 0 aliphatic rings. The Labute approximate surface area is 79.0 Å². The Bertz CT molecular complexity index is 280. The van der Waals surface area contributed by atoms with Gasteiger partial charge in [0.2, 0.25) is 0 Å². The summed E-state index contributed by atoms with van der Waals surface area (Å²) in [4.78, 5) is 12.6. The Morgan fingerprint density at radius 1 is 1.33 bits per heavy atom. The minimum absolute atomic E-state index is 0.355. The molecule has 0 spiro atoms. The van der Waals surface area contributed by atoms with Gasteiger partial charge in [-0.1, -0.05) is 34.1 Å². The maximum atomic E-state index is 11.1. The first-order chi connectivity index (χ1) is 5.84. The van der Waals surface area contributed by atoms with Gasteiger partial charge in [-0.2, -0.15) is 0 Å². The zero-order chi connectivity index (χ0) is 8.81. The van der Waals surface area contributed by atoms with Crippen molar-refractivity contribution in [1.29, 1.82) is 0 Å². The third kappa shape index (κ3) is 2.51. The van der Waals surface area contributed by atoms with E-state index >= 15 is 0 Å². The number of hydrogen-bond acceptors (Lipinski definition) is 2. The van der Waals surface area contributed by atoms with Gasteiger partial charge >= 0.3 is 5.97 Å². The Balaban J connectivity index is 2.66. The molecule has 2 nitrogen and oxygen atoms in total. The predicted molar refractivity (Wildman–Crippen MR) is 49.9 cm³/mol. The van der Waals surface area contributed by atoms with Gasteiger partial charge in [0.25, 0.3) is 0 Å². The summed E-state index contributed by atoms with van der Waals surface area (Å²) in [5.41, 5.74) is 0.545. The number of carbonyl (C=O) groups is 1. The van der Waals surface area contributed by atoms with Gasteiger partial charge in [-0.15, -0.1) is 0 Å². The van der Waals surface area contributed by atoms with E-state index in [-0.39, 0.29) is 5.97 Å².